The molecule has 1 N–H and O–H groups in total. The second-order valence-electron chi connectivity index (χ2n) is 3.59. The zero-order chi connectivity index (χ0) is 13.8. The van der Waals surface area contributed by atoms with E-state index in [4.69, 9.17) is 23.8 Å². The van der Waals surface area contributed by atoms with Crippen LogP contribution in [0, 0.1) is 0 Å². The SMILES string of the molecule is COc1cc(-c2nc(CO)no2)cc(OC)c1OC. The lowest BCUT2D eigenvalue weighted by atomic mass is 10.2. The van der Waals surface area contributed by atoms with Crippen molar-refractivity contribution in [2.24, 2.45) is 0 Å². The molecule has 0 aliphatic heterocycles. The highest BCUT2D eigenvalue weighted by Crippen LogP contribution is 2.40. The van der Waals surface area contributed by atoms with Crippen LogP contribution in [0.1, 0.15) is 5.82 Å². The second kappa shape index (κ2) is 5.57. The Bertz CT molecular complexity index is 542. The van der Waals surface area contributed by atoms with Gasteiger partial charge in [0.2, 0.25) is 5.75 Å². The van der Waals surface area contributed by atoms with Gasteiger partial charge in [0.25, 0.3) is 5.89 Å². The van der Waals surface area contributed by atoms with Crippen LogP contribution in [-0.4, -0.2) is 36.6 Å². The molecule has 102 valence electrons. The number of hydrogen-bond acceptors (Lipinski definition) is 7. The third kappa shape index (κ3) is 2.45. The Morgan fingerprint density at radius 2 is 1.74 bits per heavy atom. The van der Waals surface area contributed by atoms with Crippen LogP contribution >= 0.6 is 0 Å². The first-order valence-corrected chi connectivity index (χ1v) is 5.47. The molecule has 0 saturated carbocycles. The predicted octanol–water partition coefficient (Wildman–Crippen LogP) is 1.25. The second-order valence-corrected chi connectivity index (χ2v) is 3.59. The maximum absolute atomic E-state index is 8.93. The normalized spacial score (nSPS) is 10.3. The fraction of sp³-hybridized carbons (Fsp3) is 0.333. The molecule has 0 aliphatic rings. The quantitative estimate of drug-likeness (QED) is 0.871. The Morgan fingerprint density at radius 1 is 1.11 bits per heavy atom. The van der Waals surface area contributed by atoms with Crippen molar-refractivity contribution in [3.63, 3.8) is 0 Å². The summed E-state index contributed by atoms with van der Waals surface area (Å²) in [6.07, 6.45) is 0. The predicted molar refractivity (Wildman–Crippen MR) is 65.3 cm³/mol. The van der Waals surface area contributed by atoms with Gasteiger partial charge in [-0.2, -0.15) is 4.98 Å². The molecule has 1 aromatic heterocycles. The summed E-state index contributed by atoms with van der Waals surface area (Å²) >= 11 is 0. The molecule has 0 unspecified atom stereocenters. The molecule has 0 radical (unpaired) electrons. The van der Waals surface area contributed by atoms with E-state index in [9.17, 15) is 0 Å². The Balaban J connectivity index is 2.51. The summed E-state index contributed by atoms with van der Waals surface area (Å²) in [6, 6.07) is 3.38. The summed E-state index contributed by atoms with van der Waals surface area (Å²) in [6.45, 7) is -0.284. The zero-order valence-corrected chi connectivity index (χ0v) is 10.8. The van der Waals surface area contributed by atoms with E-state index in [0.29, 0.717) is 22.8 Å². The first-order chi connectivity index (χ1) is 9.23. The van der Waals surface area contributed by atoms with Crippen molar-refractivity contribution in [2.75, 3.05) is 21.3 Å². The Labute approximate surface area is 109 Å². The van der Waals surface area contributed by atoms with Gasteiger partial charge in [-0.05, 0) is 12.1 Å². The molecule has 2 aromatic rings. The molecule has 0 atom stereocenters. The number of ether oxygens (including phenoxy) is 3. The number of aromatic nitrogens is 2. The van der Waals surface area contributed by atoms with E-state index in [1.165, 1.54) is 21.3 Å². The van der Waals surface area contributed by atoms with Crippen LogP contribution in [0.3, 0.4) is 0 Å². The lowest BCUT2D eigenvalue weighted by molar-refractivity contribution is 0.264. The smallest absolute Gasteiger partial charge is 0.258 e. The lowest BCUT2D eigenvalue weighted by Gasteiger charge is -2.12. The summed E-state index contributed by atoms with van der Waals surface area (Å²) in [5, 5.41) is 12.5. The van der Waals surface area contributed by atoms with Gasteiger partial charge in [-0.1, -0.05) is 5.16 Å². The van der Waals surface area contributed by atoms with Crippen molar-refractivity contribution in [3.05, 3.63) is 18.0 Å². The fourth-order valence-electron chi connectivity index (χ4n) is 1.64. The summed E-state index contributed by atoms with van der Waals surface area (Å²) in [5.41, 5.74) is 0.613. The molecular formula is C12H14N2O5. The van der Waals surface area contributed by atoms with Crippen molar-refractivity contribution < 1.29 is 23.8 Å². The van der Waals surface area contributed by atoms with E-state index < -0.39 is 0 Å². The minimum Gasteiger partial charge on any atom is -0.493 e. The summed E-state index contributed by atoms with van der Waals surface area (Å²) in [7, 11) is 4.57. The Morgan fingerprint density at radius 3 is 2.16 bits per heavy atom. The van der Waals surface area contributed by atoms with E-state index >= 15 is 0 Å². The van der Waals surface area contributed by atoms with E-state index in [0.717, 1.165) is 0 Å². The van der Waals surface area contributed by atoms with Gasteiger partial charge >= 0.3 is 0 Å². The van der Waals surface area contributed by atoms with Gasteiger partial charge in [-0.3, -0.25) is 0 Å². The molecule has 0 amide bonds. The van der Waals surface area contributed by atoms with E-state index in [-0.39, 0.29) is 18.3 Å². The maximum atomic E-state index is 8.93. The molecular weight excluding hydrogens is 252 g/mol. The largest absolute Gasteiger partial charge is 0.493 e. The van der Waals surface area contributed by atoms with Crippen LogP contribution in [0.4, 0.5) is 0 Å². The van der Waals surface area contributed by atoms with Gasteiger partial charge in [0.1, 0.15) is 6.61 Å². The molecule has 0 fully saturated rings. The van der Waals surface area contributed by atoms with Crippen LogP contribution in [0.5, 0.6) is 17.2 Å². The van der Waals surface area contributed by atoms with E-state index in [1.807, 2.05) is 0 Å². The average molecular weight is 266 g/mol. The Kier molecular flexibility index (Phi) is 3.86. The molecule has 1 aromatic carbocycles. The number of benzene rings is 1. The summed E-state index contributed by atoms with van der Waals surface area (Å²) < 4.78 is 20.7. The first kappa shape index (κ1) is 13.2. The monoisotopic (exact) mass is 266 g/mol. The summed E-state index contributed by atoms with van der Waals surface area (Å²) in [5.74, 6) is 1.93. The molecule has 0 aliphatic carbocycles. The topological polar surface area (TPSA) is 86.8 Å². The Hall–Kier alpha value is -2.28. The van der Waals surface area contributed by atoms with E-state index in [2.05, 4.69) is 10.1 Å². The van der Waals surface area contributed by atoms with Crippen molar-refractivity contribution in [2.45, 2.75) is 6.61 Å². The third-order valence-electron chi connectivity index (χ3n) is 2.52. The molecule has 0 spiro atoms. The van der Waals surface area contributed by atoms with Gasteiger partial charge in [0.15, 0.2) is 17.3 Å². The molecule has 7 heteroatoms. The number of nitrogens with zero attached hydrogens (tertiary/aromatic N) is 2. The van der Waals surface area contributed by atoms with Crippen LogP contribution in [0.25, 0.3) is 11.5 Å². The van der Waals surface area contributed by atoms with Gasteiger partial charge < -0.3 is 23.8 Å². The standard InChI is InChI=1S/C12H14N2O5/c1-16-8-4-7(5-9(17-2)11(8)18-3)12-13-10(6-15)14-19-12/h4-5,15H,6H2,1-3H3. The molecule has 0 bridgehead atoms. The number of aliphatic hydroxyl groups is 1. The highest BCUT2D eigenvalue weighted by Gasteiger charge is 2.17. The fourth-order valence-corrected chi connectivity index (χ4v) is 1.64. The van der Waals surface area contributed by atoms with Gasteiger partial charge in [-0.25, -0.2) is 0 Å². The van der Waals surface area contributed by atoms with Crippen LogP contribution in [0.2, 0.25) is 0 Å². The van der Waals surface area contributed by atoms with Gasteiger partial charge in [0.05, 0.1) is 21.3 Å². The first-order valence-electron chi connectivity index (χ1n) is 5.47. The van der Waals surface area contributed by atoms with Crippen LogP contribution in [0.15, 0.2) is 16.7 Å². The van der Waals surface area contributed by atoms with Crippen molar-refractivity contribution in [1.29, 1.82) is 0 Å². The maximum Gasteiger partial charge on any atom is 0.258 e. The van der Waals surface area contributed by atoms with Gasteiger partial charge in [-0.15, -0.1) is 0 Å². The highest BCUT2D eigenvalue weighted by molar-refractivity contribution is 5.65. The number of hydrogen-bond donors (Lipinski definition) is 1. The number of methoxy groups -OCH3 is 3. The minimum absolute atomic E-state index is 0.212. The molecule has 2 rings (SSSR count). The molecule has 0 saturated heterocycles. The molecule has 19 heavy (non-hydrogen) atoms. The van der Waals surface area contributed by atoms with E-state index in [1.54, 1.807) is 12.1 Å². The minimum atomic E-state index is -0.284. The van der Waals surface area contributed by atoms with Crippen molar-refractivity contribution in [3.8, 4) is 28.7 Å². The van der Waals surface area contributed by atoms with Crippen LogP contribution in [-0.2, 0) is 6.61 Å². The number of aliphatic hydroxyl groups excluding tert-OH is 1. The number of rotatable bonds is 5. The van der Waals surface area contributed by atoms with Gasteiger partial charge in [0, 0.05) is 5.56 Å². The zero-order valence-electron chi connectivity index (χ0n) is 10.8. The molecule has 1 heterocycles. The summed E-state index contributed by atoms with van der Waals surface area (Å²) in [4.78, 5) is 4.03. The third-order valence-corrected chi connectivity index (χ3v) is 2.52. The van der Waals surface area contributed by atoms with Crippen molar-refractivity contribution >= 4 is 0 Å². The highest BCUT2D eigenvalue weighted by atomic mass is 16.5. The van der Waals surface area contributed by atoms with Crippen LogP contribution < -0.4 is 14.2 Å². The van der Waals surface area contributed by atoms with Crippen molar-refractivity contribution in [1.82, 2.24) is 10.1 Å². The molecule has 7 nitrogen and oxygen atoms in total. The average Bonchev–Trinajstić information content (AvgIpc) is 2.94. The lowest BCUT2D eigenvalue weighted by Crippen LogP contribution is -1.95.